The van der Waals surface area contributed by atoms with Gasteiger partial charge < -0.3 is 25.1 Å². The first-order valence-corrected chi connectivity index (χ1v) is 19.9. The normalized spacial score (nSPS) is 16.7. The molecule has 5 rings (SSSR count). The van der Waals surface area contributed by atoms with Crippen molar-refractivity contribution in [2.24, 2.45) is 11.8 Å². The summed E-state index contributed by atoms with van der Waals surface area (Å²) in [5.41, 5.74) is 3.15. The maximum Gasteiger partial charge on any atom is 0.321 e. The van der Waals surface area contributed by atoms with Gasteiger partial charge in [0.05, 0.1) is 34.3 Å². The van der Waals surface area contributed by atoms with Crippen molar-refractivity contribution in [3.63, 3.8) is 0 Å². The number of thiazole rings is 1. The van der Waals surface area contributed by atoms with E-state index in [4.69, 9.17) is 0 Å². The number of amides is 4. The second-order valence-electron chi connectivity index (χ2n) is 14.2. The Hall–Kier alpha value is -3.85. The van der Waals surface area contributed by atoms with Crippen molar-refractivity contribution in [3.8, 4) is 0 Å². The van der Waals surface area contributed by atoms with Crippen LogP contribution in [0.2, 0.25) is 0 Å². The van der Waals surface area contributed by atoms with Crippen LogP contribution in [0.3, 0.4) is 0 Å². The number of aromatic nitrogens is 1. The molecule has 51 heavy (non-hydrogen) atoms. The number of carbonyl (C=O) groups excluding carboxylic acids is 3. The molecule has 14 heteroatoms. The van der Waals surface area contributed by atoms with E-state index in [2.05, 4.69) is 10.3 Å². The van der Waals surface area contributed by atoms with Crippen molar-refractivity contribution in [2.45, 2.75) is 84.0 Å². The lowest BCUT2D eigenvalue weighted by molar-refractivity contribution is -0.128. The van der Waals surface area contributed by atoms with Crippen molar-refractivity contribution in [3.05, 3.63) is 75.7 Å². The molecule has 2 aliphatic heterocycles. The van der Waals surface area contributed by atoms with E-state index in [9.17, 15) is 27.9 Å². The standard InChI is InChI=1S/C37H50N6O6S2/c1-24(2)20-41(51(48,49)31-12-13-33-29(19-31)14-15-42(33)27(6)44)22-34(45)32(18-28-10-8-7-9-11-28)39-36(46)35(25(3)4)43-17-16-40(37(43)47)21-30-23-50-26(5)38-30/h7-13,19,23-25,32,34-35,45H,14-18,20-22H2,1-6H3,(H,39,46)/t32-,34+,35-/m0/s1. The molecule has 1 aromatic heterocycles. The smallest absolute Gasteiger partial charge is 0.321 e. The molecule has 2 aliphatic rings. The molecule has 276 valence electrons. The third-order valence-electron chi connectivity index (χ3n) is 9.40. The Bertz CT molecular complexity index is 1810. The van der Waals surface area contributed by atoms with Crippen molar-refractivity contribution in [1.82, 2.24) is 24.4 Å². The molecule has 2 N–H and O–H groups in total. The quantitative estimate of drug-likeness (QED) is 0.240. The summed E-state index contributed by atoms with van der Waals surface area (Å²) in [6.45, 7) is 12.6. The minimum absolute atomic E-state index is 0.0561. The Kier molecular flexibility index (Phi) is 12.2. The molecule has 1 fully saturated rings. The van der Waals surface area contributed by atoms with Crippen LogP contribution in [0.25, 0.3) is 0 Å². The summed E-state index contributed by atoms with van der Waals surface area (Å²) < 4.78 is 29.7. The Morgan fingerprint density at radius 2 is 1.76 bits per heavy atom. The van der Waals surface area contributed by atoms with Crippen molar-refractivity contribution in [2.75, 3.05) is 37.6 Å². The number of aryl methyl sites for hydroxylation is 1. The van der Waals surface area contributed by atoms with Crippen LogP contribution in [-0.4, -0.2) is 101 Å². The number of hydrogen-bond donors (Lipinski definition) is 2. The summed E-state index contributed by atoms with van der Waals surface area (Å²) in [6.07, 6.45) is -0.483. The van der Waals surface area contributed by atoms with Crippen molar-refractivity contribution in [1.29, 1.82) is 0 Å². The number of aliphatic hydroxyl groups is 1. The number of rotatable bonds is 15. The van der Waals surface area contributed by atoms with Crippen LogP contribution in [0.15, 0.2) is 58.8 Å². The largest absolute Gasteiger partial charge is 0.390 e. The summed E-state index contributed by atoms with van der Waals surface area (Å²) in [5, 5.41) is 17.7. The first-order valence-electron chi connectivity index (χ1n) is 17.6. The van der Waals surface area contributed by atoms with Gasteiger partial charge in [0, 0.05) is 50.7 Å². The van der Waals surface area contributed by atoms with E-state index in [-0.39, 0.29) is 48.2 Å². The zero-order valence-corrected chi connectivity index (χ0v) is 31.9. The third kappa shape index (κ3) is 8.97. The summed E-state index contributed by atoms with van der Waals surface area (Å²) in [4.78, 5) is 49.3. The summed E-state index contributed by atoms with van der Waals surface area (Å²) >= 11 is 1.52. The summed E-state index contributed by atoms with van der Waals surface area (Å²) in [6, 6.07) is 12.3. The Labute approximate surface area is 305 Å². The monoisotopic (exact) mass is 738 g/mol. The molecule has 0 spiro atoms. The second-order valence-corrected chi connectivity index (χ2v) is 17.2. The maximum absolute atomic E-state index is 14.2. The van der Waals surface area contributed by atoms with Crippen molar-refractivity contribution < 1.29 is 27.9 Å². The van der Waals surface area contributed by atoms with Gasteiger partial charge in [0.2, 0.25) is 21.8 Å². The average Bonchev–Trinajstić information content (AvgIpc) is 3.79. The van der Waals surface area contributed by atoms with Crippen LogP contribution in [0.1, 0.15) is 56.4 Å². The van der Waals surface area contributed by atoms with Gasteiger partial charge in [0.25, 0.3) is 0 Å². The van der Waals surface area contributed by atoms with Crippen molar-refractivity contribution >= 4 is 44.9 Å². The Balaban J connectivity index is 1.37. The van der Waals surface area contributed by atoms with Gasteiger partial charge in [-0.05, 0) is 60.9 Å². The minimum atomic E-state index is -4.07. The molecule has 0 aliphatic carbocycles. The fourth-order valence-electron chi connectivity index (χ4n) is 6.93. The molecule has 4 amide bonds. The minimum Gasteiger partial charge on any atom is -0.390 e. The second kappa shape index (κ2) is 16.2. The van der Waals surface area contributed by atoms with E-state index in [1.54, 1.807) is 26.8 Å². The molecule has 0 saturated carbocycles. The number of fused-ring (bicyclic) bond motifs is 1. The first kappa shape index (κ1) is 38.4. The predicted molar refractivity (Wildman–Crippen MR) is 198 cm³/mol. The molecular formula is C37H50N6O6S2. The molecule has 0 bridgehead atoms. The van der Waals surface area contributed by atoms with Crippen LogP contribution in [0, 0.1) is 18.8 Å². The Morgan fingerprint density at radius 3 is 2.39 bits per heavy atom. The number of benzene rings is 2. The summed E-state index contributed by atoms with van der Waals surface area (Å²) in [5.74, 6) is -0.797. The van der Waals surface area contributed by atoms with Gasteiger partial charge in [-0.3, -0.25) is 9.59 Å². The molecule has 12 nitrogen and oxygen atoms in total. The van der Waals surface area contributed by atoms with E-state index in [1.807, 2.05) is 70.3 Å². The zero-order valence-electron chi connectivity index (χ0n) is 30.3. The van der Waals surface area contributed by atoms with Crippen LogP contribution in [0.5, 0.6) is 0 Å². The number of urea groups is 1. The third-order valence-corrected chi connectivity index (χ3v) is 12.0. The van der Waals surface area contributed by atoms with E-state index in [1.165, 1.54) is 28.6 Å². The molecule has 3 heterocycles. The highest BCUT2D eigenvalue weighted by Gasteiger charge is 2.41. The number of carbonyl (C=O) groups is 3. The van der Waals surface area contributed by atoms with E-state index < -0.39 is 34.1 Å². The average molecular weight is 739 g/mol. The number of sulfonamides is 1. The molecule has 1 saturated heterocycles. The van der Waals surface area contributed by atoms with Crippen LogP contribution in [0.4, 0.5) is 10.5 Å². The molecule has 3 aromatic rings. The highest BCUT2D eigenvalue weighted by Crippen LogP contribution is 2.32. The van der Waals surface area contributed by atoms with Crippen LogP contribution in [-0.2, 0) is 39.0 Å². The maximum atomic E-state index is 14.2. The number of nitrogens with one attached hydrogen (secondary N) is 1. The predicted octanol–water partition coefficient (Wildman–Crippen LogP) is 4.06. The van der Waals surface area contributed by atoms with Gasteiger partial charge in [-0.25, -0.2) is 18.2 Å². The number of anilines is 1. The molecule has 0 unspecified atom stereocenters. The van der Waals surface area contributed by atoms with Crippen LogP contribution < -0.4 is 10.2 Å². The first-order chi connectivity index (χ1) is 24.1. The van der Waals surface area contributed by atoms with Gasteiger partial charge >= 0.3 is 6.03 Å². The van der Waals surface area contributed by atoms with E-state index in [0.29, 0.717) is 38.3 Å². The highest BCUT2D eigenvalue weighted by molar-refractivity contribution is 7.89. The fraction of sp³-hybridized carbons (Fsp3) is 0.514. The lowest BCUT2D eigenvalue weighted by Crippen LogP contribution is -2.57. The van der Waals surface area contributed by atoms with E-state index >= 15 is 0 Å². The zero-order chi connectivity index (χ0) is 37.0. The number of nitrogens with zero attached hydrogens (tertiary/aromatic N) is 5. The van der Waals surface area contributed by atoms with Gasteiger partial charge in [-0.1, -0.05) is 58.0 Å². The van der Waals surface area contributed by atoms with E-state index in [0.717, 1.165) is 21.8 Å². The number of aliphatic hydroxyl groups excluding tert-OH is 1. The number of hydrogen-bond acceptors (Lipinski definition) is 8. The highest BCUT2D eigenvalue weighted by atomic mass is 32.2. The molecule has 3 atom stereocenters. The molecular weight excluding hydrogens is 689 g/mol. The molecule has 2 aromatic carbocycles. The lowest BCUT2D eigenvalue weighted by Gasteiger charge is -2.34. The van der Waals surface area contributed by atoms with Gasteiger partial charge in [0.1, 0.15) is 6.04 Å². The topological polar surface area (TPSA) is 143 Å². The molecule has 0 radical (unpaired) electrons. The Morgan fingerprint density at radius 1 is 1.04 bits per heavy atom. The van der Waals surface area contributed by atoms with Gasteiger partial charge in [0.15, 0.2) is 0 Å². The van der Waals surface area contributed by atoms with Gasteiger partial charge in [-0.15, -0.1) is 11.3 Å². The summed E-state index contributed by atoms with van der Waals surface area (Å²) in [7, 11) is -4.07. The lowest BCUT2D eigenvalue weighted by atomic mass is 9.97. The van der Waals surface area contributed by atoms with Crippen LogP contribution >= 0.6 is 11.3 Å². The fourth-order valence-corrected chi connectivity index (χ4v) is 9.21. The van der Waals surface area contributed by atoms with Gasteiger partial charge in [-0.2, -0.15) is 4.31 Å². The SMILES string of the molecule is CC(=O)N1CCc2cc(S(=O)(=O)N(CC(C)C)C[C@@H](O)[C@H](Cc3ccccc3)NC(=O)[C@H](C(C)C)N3CCN(Cc4csc(C)n4)C3=O)ccc21.